The highest BCUT2D eigenvalue weighted by Crippen LogP contribution is 2.32. The molecule has 1 fully saturated rings. The zero-order chi connectivity index (χ0) is 19.3. The van der Waals surface area contributed by atoms with E-state index in [9.17, 15) is 9.18 Å². The first-order chi connectivity index (χ1) is 13.7. The first kappa shape index (κ1) is 18.1. The lowest BCUT2D eigenvalue weighted by Gasteiger charge is -2.35. The number of para-hydroxylation sites is 1. The molecule has 0 radical (unpaired) electrons. The van der Waals surface area contributed by atoms with Crippen LogP contribution in [0.5, 0.6) is 11.5 Å². The second-order valence-electron chi connectivity index (χ2n) is 6.59. The fourth-order valence-electron chi connectivity index (χ4n) is 3.30. The molecule has 0 N–H and O–H groups in total. The molecule has 0 aliphatic carbocycles. The van der Waals surface area contributed by atoms with Gasteiger partial charge in [0.25, 0.3) is 0 Å². The number of anilines is 1. The van der Waals surface area contributed by atoms with Gasteiger partial charge in [-0.15, -0.1) is 0 Å². The Morgan fingerprint density at radius 1 is 0.964 bits per heavy atom. The van der Waals surface area contributed by atoms with Gasteiger partial charge in [0.2, 0.25) is 12.7 Å². The number of carbonyl (C=O) groups excluding carboxylic acids is 1. The quantitative estimate of drug-likeness (QED) is 0.602. The van der Waals surface area contributed by atoms with Gasteiger partial charge in [-0.3, -0.25) is 4.79 Å². The van der Waals surface area contributed by atoms with Crippen molar-refractivity contribution in [3.8, 4) is 11.5 Å². The second-order valence-corrected chi connectivity index (χ2v) is 6.59. The number of amides is 1. The highest BCUT2D eigenvalue weighted by atomic mass is 19.1. The summed E-state index contributed by atoms with van der Waals surface area (Å²) in [5.74, 6) is 1.21. The number of piperazine rings is 1. The number of fused-ring (bicyclic) bond motifs is 1. The van der Waals surface area contributed by atoms with E-state index in [1.807, 2.05) is 41.3 Å². The lowest BCUT2D eigenvalue weighted by atomic mass is 10.2. The molecule has 0 atom stereocenters. The van der Waals surface area contributed by atoms with Crippen molar-refractivity contribution in [3.05, 3.63) is 72.1 Å². The van der Waals surface area contributed by atoms with E-state index in [4.69, 9.17) is 9.47 Å². The topological polar surface area (TPSA) is 42.0 Å². The predicted molar refractivity (Wildman–Crippen MR) is 106 cm³/mol. The number of halogens is 1. The highest BCUT2D eigenvalue weighted by molar-refractivity contribution is 5.88. The van der Waals surface area contributed by atoms with Crippen LogP contribution >= 0.6 is 0 Å². The lowest BCUT2D eigenvalue weighted by molar-refractivity contribution is -0.126. The molecule has 0 bridgehead atoms. The van der Waals surface area contributed by atoms with E-state index in [1.165, 1.54) is 6.07 Å². The Morgan fingerprint density at radius 2 is 1.75 bits per heavy atom. The van der Waals surface area contributed by atoms with Gasteiger partial charge in [0, 0.05) is 32.3 Å². The Hall–Kier alpha value is -3.28. The Morgan fingerprint density at radius 3 is 2.57 bits per heavy atom. The number of hydrogen-bond acceptors (Lipinski definition) is 4. The SMILES string of the molecule is O=C(C=CC=Cc1ccc2c(c1)OCO2)N1CCN(c2ccccc2F)CC1. The minimum Gasteiger partial charge on any atom is -0.454 e. The summed E-state index contributed by atoms with van der Waals surface area (Å²) in [7, 11) is 0. The summed E-state index contributed by atoms with van der Waals surface area (Å²) in [5, 5.41) is 0. The van der Waals surface area contributed by atoms with Crippen molar-refractivity contribution in [1.29, 1.82) is 0 Å². The number of allylic oxidation sites excluding steroid dienone is 2. The van der Waals surface area contributed by atoms with Gasteiger partial charge < -0.3 is 19.3 Å². The number of ether oxygens (including phenoxy) is 2. The molecule has 0 aromatic heterocycles. The molecule has 0 unspecified atom stereocenters. The fraction of sp³-hybridized carbons (Fsp3) is 0.227. The van der Waals surface area contributed by atoms with Crippen LogP contribution in [0.25, 0.3) is 6.08 Å². The lowest BCUT2D eigenvalue weighted by Crippen LogP contribution is -2.48. The van der Waals surface area contributed by atoms with Crippen molar-refractivity contribution >= 4 is 17.7 Å². The van der Waals surface area contributed by atoms with Crippen LogP contribution in [0, 0.1) is 5.82 Å². The molecule has 1 saturated heterocycles. The molecule has 2 aliphatic heterocycles. The summed E-state index contributed by atoms with van der Waals surface area (Å²) in [4.78, 5) is 16.1. The van der Waals surface area contributed by atoms with E-state index in [1.54, 1.807) is 29.2 Å². The van der Waals surface area contributed by atoms with Crippen LogP contribution in [0.4, 0.5) is 10.1 Å². The van der Waals surface area contributed by atoms with Gasteiger partial charge >= 0.3 is 0 Å². The van der Waals surface area contributed by atoms with Gasteiger partial charge in [-0.2, -0.15) is 0 Å². The molecule has 144 valence electrons. The molecule has 6 heteroatoms. The molecule has 0 spiro atoms. The number of hydrogen-bond donors (Lipinski definition) is 0. The van der Waals surface area contributed by atoms with Crippen molar-refractivity contribution in [1.82, 2.24) is 4.90 Å². The molecule has 2 heterocycles. The van der Waals surface area contributed by atoms with Crippen LogP contribution in [0.3, 0.4) is 0 Å². The third kappa shape index (κ3) is 4.01. The van der Waals surface area contributed by atoms with Crippen LogP contribution in [-0.2, 0) is 4.79 Å². The molecule has 2 aromatic carbocycles. The minimum atomic E-state index is -0.226. The van der Waals surface area contributed by atoms with E-state index in [0.717, 1.165) is 17.1 Å². The largest absolute Gasteiger partial charge is 0.454 e. The molecule has 5 nitrogen and oxygen atoms in total. The molecule has 2 aliphatic rings. The van der Waals surface area contributed by atoms with Gasteiger partial charge in [0.1, 0.15) is 5.82 Å². The Labute approximate surface area is 163 Å². The van der Waals surface area contributed by atoms with Gasteiger partial charge in [-0.25, -0.2) is 4.39 Å². The van der Waals surface area contributed by atoms with Crippen molar-refractivity contribution in [2.45, 2.75) is 0 Å². The van der Waals surface area contributed by atoms with Crippen molar-refractivity contribution in [2.24, 2.45) is 0 Å². The van der Waals surface area contributed by atoms with E-state index in [-0.39, 0.29) is 18.5 Å². The van der Waals surface area contributed by atoms with E-state index in [0.29, 0.717) is 31.9 Å². The minimum absolute atomic E-state index is 0.0384. The summed E-state index contributed by atoms with van der Waals surface area (Å²) >= 11 is 0. The maximum atomic E-state index is 13.9. The van der Waals surface area contributed by atoms with E-state index >= 15 is 0 Å². The molecule has 1 amide bonds. The number of nitrogens with zero attached hydrogens (tertiary/aromatic N) is 2. The van der Waals surface area contributed by atoms with Crippen LogP contribution < -0.4 is 14.4 Å². The van der Waals surface area contributed by atoms with Gasteiger partial charge in [0.05, 0.1) is 5.69 Å². The van der Waals surface area contributed by atoms with Gasteiger partial charge in [0.15, 0.2) is 11.5 Å². The summed E-state index contributed by atoms with van der Waals surface area (Å²) in [6.45, 7) is 2.63. The monoisotopic (exact) mass is 380 g/mol. The first-order valence-corrected chi connectivity index (χ1v) is 9.23. The van der Waals surface area contributed by atoms with E-state index in [2.05, 4.69) is 0 Å². The summed E-state index contributed by atoms with van der Waals surface area (Å²) in [6.07, 6.45) is 7.02. The molecule has 4 rings (SSSR count). The van der Waals surface area contributed by atoms with Crippen LogP contribution in [-0.4, -0.2) is 43.8 Å². The molecular formula is C22H21FN2O3. The standard InChI is InChI=1S/C22H21FN2O3/c23-18-6-2-3-7-19(18)24-11-13-25(14-12-24)22(26)8-4-1-5-17-9-10-20-21(15-17)28-16-27-20/h1-10,15H,11-14,16H2. The van der Waals surface area contributed by atoms with Crippen molar-refractivity contribution < 1.29 is 18.7 Å². The van der Waals surface area contributed by atoms with Crippen LogP contribution in [0.2, 0.25) is 0 Å². The highest BCUT2D eigenvalue weighted by Gasteiger charge is 2.21. The zero-order valence-corrected chi connectivity index (χ0v) is 15.4. The Kier molecular flexibility index (Phi) is 5.28. The summed E-state index contributed by atoms with van der Waals surface area (Å²) in [5.41, 5.74) is 1.57. The first-order valence-electron chi connectivity index (χ1n) is 9.23. The Bertz CT molecular complexity index is 918. The third-order valence-electron chi connectivity index (χ3n) is 4.82. The second kappa shape index (κ2) is 8.17. The van der Waals surface area contributed by atoms with Crippen molar-refractivity contribution in [3.63, 3.8) is 0 Å². The van der Waals surface area contributed by atoms with Crippen molar-refractivity contribution in [2.75, 3.05) is 37.9 Å². The van der Waals surface area contributed by atoms with E-state index < -0.39 is 0 Å². The average molecular weight is 380 g/mol. The van der Waals surface area contributed by atoms with Crippen LogP contribution in [0.1, 0.15) is 5.56 Å². The molecule has 2 aromatic rings. The van der Waals surface area contributed by atoms with Crippen LogP contribution in [0.15, 0.2) is 60.7 Å². The molecule has 28 heavy (non-hydrogen) atoms. The number of benzene rings is 2. The normalized spacial score (nSPS) is 16.3. The maximum absolute atomic E-state index is 13.9. The predicted octanol–water partition coefficient (Wildman–Crippen LogP) is 3.47. The summed E-state index contributed by atoms with van der Waals surface area (Å²) < 4.78 is 24.5. The zero-order valence-electron chi connectivity index (χ0n) is 15.4. The summed E-state index contributed by atoms with van der Waals surface area (Å²) in [6, 6.07) is 12.4. The van der Waals surface area contributed by atoms with Gasteiger partial charge in [-0.1, -0.05) is 36.4 Å². The molecular weight excluding hydrogens is 359 g/mol. The average Bonchev–Trinajstić information content (AvgIpc) is 3.19. The number of rotatable bonds is 4. The fourth-order valence-corrected chi connectivity index (χ4v) is 3.30. The van der Waals surface area contributed by atoms with Gasteiger partial charge in [-0.05, 0) is 29.8 Å². The smallest absolute Gasteiger partial charge is 0.246 e. The molecule has 0 saturated carbocycles. The number of carbonyl (C=O) groups is 1. The maximum Gasteiger partial charge on any atom is 0.246 e. The Balaban J connectivity index is 1.29. The third-order valence-corrected chi connectivity index (χ3v) is 4.82.